The van der Waals surface area contributed by atoms with Gasteiger partial charge in [-0.3, -0.25) is 9.48 Å². The Balaban J connectivity index is 1.31. The van der Waals surface area contributed by atoms with Gasteiger partial charge in [-0.05, 0) is 54.4 Å². The van der Waals surface area contributed by atoms with Gasteiger partial charge in [0, 0.05) is 47.9 Å². The highest BCUT2D eigenvalue weighted by Crippen LogP contribution is 2.37. The number of carbonyl (C=O) groups is 2. The Bertz CT molecular complexity index is 1310. The maximum Gasteiger partial charge on any atom is 0.407 e. The Morgan fingerprint density at radius 3 is 2.95 bits per heavy atom. The largest absolute Gasteiger partial charge is 0.497 e. The quantitative estimate of drug-likeness (QED) is 0.415. The minimum Gasteiger partial charge on any atom is -0.497 e. The average Bonchev–Trinajstić information content (AvgIpc) is 3.47. The second-order valence-corrected chi connectivity index (χ2v) is 10.8. The molecule has 3 aromatic rings. The monoisotopic (exact) mass is 520 g/mol. The number of benzene rings is 1. The molecule has 0 bridgehead atoms. The minimum absolute atomic E-state index is 0.0635. The lowest BCUT2D eigenvalue weighted by molar-refractivity contribution is -0.118. The smallest absolute Gasteiger partial charge is 0.407 e. The summed E-state index contributed by atoms with van der Waals surface area (Å²) in [6.45, 7) is 2.73. The average molecular weight is 521 g/mol. The Kier molecular flexibility index (Phi) is 8.62. The fourth-order valence-corrected chi connectivity index (χ4v) is 6.20. The second-order valence-electron chi connectivity index (χ2n) is 9.59. The number of rotatable bonds is 10. The maximum absolute atomic E-state index is 12.9. The lowest BCUT2D eigenvalue weighted by Gasteiger charge is -2.22. The summed E-state index contributed by atoms with van der Waals surface area (Å²) in [7, 11) is 3.46. The molecule has 1 N–H and O–H groups in total. The van der Waals surface area contributed by atoms with Crippen LogP contribution in [0.25, 0.3) is 0 Å². The number of hydrogen-bond acceptors (Lipinski definition) is 7. The molecule has 1 aromatic carbocycles. The predicted molar refractivity (Wildman–Crippen MR) is 141 cm³/mol. The van der Waals surface area contributed by atoms with Crippen molar-refractivity contribution in [2.45, 2.75) is 51.5 Å². The van der Waals surface area contributed by atoms with Crippen LogP contribution in [0.3, 0.4) is 0 Å². The maximum atomic E-state index is 12.9. The normalized spacial score (nSPS) is 15.4. The zero-order chi connectivity index (χ0) is 26.4. The van der Waals surface area contributed by atoms with Crippen LogP contribution < -0.4 is 10.1 Å². The molecule has 1 aliphatic rings. The molecule has 2 aromatic heterocycles. The third-order valence-electron chi connectivity index (χ3n) is 6.75. The number of ether oxygens (including phenoxy) is 2. The van der Waals surface area contributed by atoms with Crippen molar-refractivity contribution >= 4 is 23.2 Å². The molecule has 0 aliphatic heterocycles. The fraction of sp³-hybridized carbons (Fsp3) is 0.429. The molecule has 2 atom stereocenters. The van der Waals surface area contributed by atoms with Gasteiger partial charge in [-0.1, -0.05) is 19.1 Å². The minimum atomic E-state index is -0.449. The van der Waals surface area contributed by atoms with Crippen molar-refractivity contribution in [3.8, 4) is 11.8 Å². The predicted octanol–water partition coefficient (Wildman–Crippen LogP) is 4.70. The first-order chi connectivity index (χ1) is 17.9. The Morgan fingerprint density at radius 1 is 1.38 bits per heavy atom. The lowest BCUT2D eigenvalue weighted by Crippen LogP contribution is -2.27. The molecule has 2 unspecified atom stereocenters. The summed E-state index contributed by atoms with van der Waals surface area (Å²) in [6.07, 6.45) is 6.12. The van der Waals surface area contributed by atoms with Gasteiger partial charge in [-0.25, -0.2) is 4.79 Å². The molecule has 0 fully saturated rings. The van der Waals surface area contributed by atoms with Crippen LogP contribution in [0.1, 0.15) is 57.7 Å². The van der Waals surface area contributed by atoms with E-state index in [1.54, 1.807) is 29.3 Å². The first-order valence-electron chi connectivity index (χ1n) is 12.4. The van der Waals surface area contributed by atoms with Crippen LogP contribution in [0.15, 0.2) is 36.7 Å². The van der Waals surface area contributed by atoms with Gasteiger partial charge < -0.3 is 14.8 Å². The number of thiophene rings is 1. The molecule has 8 nitrogen and oxygen atoms in total. The van der Waals surface area contributed by atoms with E-state index in [1.807, 2.05) is 44.4 Å². The zero-order valence-electron chi connectivity index (χ0n) is 21.5. The second kappa shape index (κ2) is 12.1. The van der Waals surface area contributed by atoms with Crippen LogP contribution in [0.2, 0.25) is 0 Å². The van der Waals surface area contributed by atoms with E-state index in [1.165, 1.54) is 0 Å². The molecule has 4 rings (SSSR count). The summed E-state index contributed by atoms with van der Waals surface area (Å²) < 4.78 is 12.4. The first kappa shape index (κ1) is 26.4. The van der Waals surface area contributed by atoms with Gasteiger partial charge in [0.2, 0.25) is 0 Å². The molecule has 0 saturated heterocycles. The molecule has 37 heavy (non-hydrogen) atoms. The number of amides is 1. The third-order valence-corrected chi connectivity index (χ3v) is 8.01. The number of hydrogen-bond donors (Lipinski definition) is 1. The van der Waals surface area contributed by atoms with E-state index in [2.05, 4.69) is 16.5 Å². The lowest BCUT2D eigenvalue weighted by atomic mass is 9.87. The third kappa shape index (κ3) is 6.77. The SMILES string of the molecule is COc1cccc(C(C)CC(=O)Cc2sc3c(c2C#N)CCC(COC(=O)NCc2cnn(C)c2)C3)c1. The summed E-state index contributed by atoms with van der Waals surface area (Å²) in [5, 5.41) is 16.7. The van der Waals surface area contributed by atoms with Crippen molar-refractivity contribution in [3.05, 3.63) is 68.7 Å². The Labute approximate surface area is 221 Å². The molecule has 0 radical (unpaired) electrons. The molecule has 2 heterocycles. The summed E-state index contributed by atoms with van der Waals surface area (Å²) in [5.41, 5.74) is 3.69. The van der Waals surface area contributed by atoms with Crippen molar-refractivity contribution in [2.75, 3.05) is 13.7 Å². The number of nitrogens with one attached hydrogen (secondary N) is 1. The highest BCUT2D eigenvalue weighted by atomic mass is 32.1. The van der Waals surface area contributed by atoms with Crippen molar-refractivity contribution in [3.63, 3.8) is 0 Å². The number of Topliss-reactive ketones (excluding diaryl/α,β-unsaturated/α-hetero) is 1. The van der Waals surface area contributed by atoms with Crippen LogP contribution in [0.4, 0.5) is 4.79 Å². The Morgan fingerprint density at radius 2 is 2.22 bits per heavy atom. The molecule has 194 valence electrons. The molecule has 9 heteroatoms. The van der Waals surface area contributed by atoms with Crippen LogP contribution in [0, 0.1) is 17.2 Å². The van der Waals surface area contributed by atoms with E-state index < -0.39 is 6.09 Å². The Hall–Kier alpha value is -3.64. The number of fused-ring (bicyclic) bond motifs is 1. The summed E-state index contributed by atoms with van der Waals surface area (Å²) in [4.78, 5) is 27.0. The standard InChI is InChI=1S/C28H32N4O4S/c1-18(21-5-4-6-23(11-21)35-3)9-22(33)12-27-25(13-29)24-8-7-19(10-26(24)37-27)17-36-28(34)30-14-20-15-31-32(2)16-20/h4-6,11,15-16,18-19H,7-10,12,14,17H2,1-3H3,(H,30,34). The zero-order valence-corrected chi connectivity index (χ0v) is 22.3. The van der Waals surface area contributed by atoms with E-state index in [0.717, 1.165) is 51.5 Å². The number of aryl methyl sites for hydroxylation is 1. The van der Waals surface area contributed by atoms with Gasteiger partial charge in [0.25, 0.3) is 0 Å². The van der Waals surface area contributed by atoms with Crippen LogP contribution >= 0.6 is 11.3 Å². The van der Waals surface area contributed by atoms with Crippen LogP contribution in [-0.2, 0) is 42.4 Å². The van der Waals surface area contributed by atoms with Gasteiger partial charge in [0.1, 0.15) is 17.6 Å². The van der Waals surface area contributed by atoms with E-state index in [0.29, 0.717) is 25.1 Å². The van der Waals surface area contributed by atoms with Gasteiger partial charge >= 0.3 is 6.09 Å². The van der Waals surface area contributed by atoms with E-state index in [-0.39, 0.29) is 24.0 Å². The van der Waals surface area contributed by atoms with Crippen molar-refractivity contribution in [1.29, 1.82) is 5.26 Å². The highest BCUT2D eigenvalue weighted by molar-refractivity contribution is 7.12. The van der Waals surface area contributed by atoms with Crippen molar-refractivity contribution in [1.82, 2.24) is 15.1 Å². The number of aromatic nitrogens is 2. The van der Waals surface area contributed by atoms with Crippen molar-refractivity contribution in [2.24, 2.45) is 13.0 Å². The van der Waals surface area contributed by atoms with Gasteiger partial charge in [0.15, 0.2) is 0 Å². The number of alkyl carbamates (subject to hydrolysis) is 1. The molecule has 1 amide bonds. The topological polar surface area (TPSA) is 106 Å². The fourth-order valence-electron chi connectivity index (χ4n) is 4.75. The molecular weight excluding hydrogens is 488 g/mol. The van der Waals surface area contributed by atoms with Gasteiger partial charge in [-0.15, -0.1) is 11.3 Å². The number of carbonyl (C=O) groups excluding carboxylic acids is 2. The summed E-state index contributed by atoms with van der Waals surface area (Å²) >= 11 is 1.56. The van der Waals surface area contributed by atoms with Crippen LogP contribution in [0.5, 0.6) is 5.75 Å². The number of ketones is 1. The molecular formula is C28H32N4O4S. The highest BCUT2D eigenvalue weighted by Gasteiger charge is 2.27. The van der Waals surface area contributed by atoms with Crippen LogP contribution in [-0.4, -0.2) is 35.4 Å². The van der Waals surface area contributed by atoms with E-state index in [4.69, 9.17) is 9.47 Å². The first-order valence-corrected chi connectivity index (χ1v) is 13.2. The van der Waals surface area contributed by atoms with E-state index in [9.17, 15) is 14.9 Å². The number of nitrogens with zero attached hydrogens (tertiary/aromatic N) is 3. The summed E-state index contributed by atoms with van der Waals surface area (Å²) in [6, 6.07) is 10.1. The van der Waals surface area contributed by atoms with Crippen molar-refractivity contribution < 1.29 is 19.1 Å². The van der Waals surface area contributed by atoms with Gasteiger partial charge in [-0.2, -0.15) is 10.4 Å². The molecule has 0 saturated carbocycles. The van der Waals surface area contributed by atoms with E-state index >= 15 is 0 Å². The summed E-state index contributed by atoms with van der Waals surface area (Å²) in [5.74, 6) is 1.15. The number of nitriles is 1. The molecule has 0 spiro atoms. The molecule has 1 aliphatic carbocycles. The van der Waals surface area contributed by atoms with Gasteiger partial charge in [0.05, 0.1) is 25.5 Å². The number of methoxy groups -OCH3 is 1.